The van der Waals surface area contributed by atoms with E-state index in [0.29, 0.717) is 12.8 Å². The molecule has 0 saturated heterocycles. The molecule has 1 aromatic rings. The van der Waals surface area contributed by atoms with Crippen molar-refractivity contribution in [2.75, 3.05) is 0 Å². The van der Waals surface area contributed by atoms with Crippen LogP contribution in [0.1, 0.15) is 31.4 Å². The molecular formula is C14H16N2. The van der Waals surface area contributed by atoms with E-state index in [2.05, 4.69) is 17.3 Å². The molecule has 0 aliphatic heterocycles. The molecule has 0 saturated carbocycles. The van der Waals surface area contributed by atoms with Crippen LogP contribution in [0.2, 0.25) is 0 Å². The summed E-state index contributed by atoms with van der Waals surface area (Å²) in [6.07, 6.45) is 6.40. The number of terminal acetylenes is 1. The molecule has 2 atom stereocenters. The summed E-state index contributed by atoms with van der Waals surface area (Å²) in [7, 11) is 0. The maximum Gasteiger partial charge on any atom is 0.0641 e. The van der Waals surface area contributed by atoms with Crippen molar-refractivity contribution in [3.63, 3.8) is 0 Å². The van der Waals surface area contributed by atoms with E-state index in [9.17, 15) is 0 Å². The third-order valence-corrected chi connectivity index (χ3v) is 2.41. The smallest absolute Gasteiger partial charge is 0.0641 e. The van der Waals surface area contributed by atoms with Gasteiger partial charge in [-0.25, -0.2) is 0 Å². The fourth-order valence-electron chi connectivity index (χ4n) is 1.63. The van der Waals surface area contributed by atoms with E-state index in [1.807, 2.05) is 37.3 Å². The molecule has 0 aliphatic carbocycles. The van der Waals surface area contributed by atoms with Gasteiger partial charge in [-0.05, 0) is 12.5 Å². The molecule has 2 heteroatoms. The summed E-state index contributed by atoms with van der Waals surface area (Å²) < 4.78 is 0. The van der Waals surface area contributed by atoms with Crippen molar-refractivity contribution in [3.05, 3.63) is 35.9 Å². The van der Waals surface area contributed by atoms with Gasteiger partial charge in [0.05, 0.1) is 12.5 Å². The maximum atomic E-state index is 8.81. The van der Waals surface area contributed by atoms with Crippen LogP contribution in [-0.4, -0.2) is 6.04 Å². The van der Waals surface area contributed by atoms with E-state index < -0.39 is 0 Å². The highest BCUT2D eigenvalue weighted by Crippen LogP contribution is 2.16. The minimum absolute atomic E-state index is 0.0644. The molecule has 1 N–H and O–H groups in total. The molecule has 2 unspecified atom stereocenters. The zero-order chi connectivity index (χ0) is 11.8. The number of nitriles is 1. The molecule has 0 radical (unpaired) electrons. The lowest BCUT2D eigenvalue weighted by atomic mass is 10.0. The maximum absolute atomic E-state index is 8.81. The Balaban J connectivity index is 2.70. The van der Waals surface area contributed by atoms with Crippen LogP contribution in [0.5, 0.6) is 0 Å². The van der Waals surface area contributed by atoms with Crippen LogP contribution in [0.15, 0.2) is 30.3 Å². The Morgan fingerprint density at radius 2 is 2.00 bits per heavy atom. The molecule has 0 heterocycles. The Hall–Kier alpha value is -1.77. The molecule has 16 heavy (non-hydrogen) atoms. The van der Waals surface area contributed by atoms with Gasteiger partial charge in [-0.15, -0.1) is 12.3 Å². The van der Waals surface area contributed by atoms with Crippen LogP contribution in [0, 0.1) is 23.7 Å². The minimum Gasteiger partial charge on any atom is -0.306 e. The van der Waals surface area contributed by atoms with Crippen molar-refractivity contribution in [1.29, 1.82) is 5.26 Å². The summed E-state index contributed by atoms with van der Waals surface area (Å²) in [5, 5.41) is 12.2. The van der Waals surface area contributed by atoms with E-state index in [0.717, 1.165) is 5.56 Å². The second-order valence-corrected chi connectivity index (χ2v) is 3.80. The van der Waals surface area contributed by atoms with Crippen LogP contribution < -0.4 is 5.32 Å². The molecule has 1 aromatic carbocycles. The van der Waals surface area contributed by atoms with E-state index in [1.165, 1.54) is 0 Å². The van der Waals surface area contributed by atoms with Crippen molar-refractivity contribution in [1.82, 2.24) is 5.32 Å². The monoisotopic (exact) mass is 212 g/mol. The summed E-state index contributed by atoms with van der Waals surface area (Å²) in [5.74, 6) is 2.62. The van der Waals surface area contributed by atoms with Gasteiger partial charge in [0, 0.05) is 18.5 Å². The highest BCUT2D eigenvalue weighted by atomic mass is 14.9. The molecule has 0 aromatic heterocycles. The SMILES string of the molecule is C#CCC(C)NC(CC#N)c1ccccc1. The van der Waals surface area contributed by atoms with Crippen molar-refractivity contribution < 1.29 is 0 Å². The van der Waals surface area contributed by atoms with Gasteiger partial charge >= 0.3 is 0 Å². The van der Waals surface area contributed by atoms with Gasteiger partial charge in [-0.3, -0.25) is 0 Å². The summed E-state index contributed by atoms with van der Waals surface area (Å²) in [6.45, 7) is 2.03. The molecule has 0 bridgehead atoms. The average Bonchev–Trinajstić information content (AvgIpc) is 2.30. The number of hydrogen-bond donors (Lipinski definition) is 1. The second kappa shape index (κ2) is 6.67. The summed E-state index contributed by atoms with van der Waals surface area (Å²) in [5.41, 5.74) is 1.13. The third kappa shape index (κ3) is 3.77. The topological polar surface area (TPSA) is 35.8 Å². The fraction of sp³-hybridized carbons (Fsp3) is 0.357. The zero-order valence-electron chi connectivity index (χ0n) is 9.48. The van der Waals surface area contributed by atoms with Crippen LogP contribution in [-0.2, 0) is 0 Å². The van der Waals surface area contributed by atoms with E-state index in [4.69, 9.17) is 11.7 Å². The quantitative estimate of drug-likeness (QED) is 0.762. The van der Waals surface area contributed by atoms with E-state index in [1.54, 1.807) is 0 Å². The fourth-order valence-corrected chi connectivity index (χ4v) is 1.63. The van der Waals surface area contributed by atoms with Gasteiger partial charge in [-0.2, -0.15) is 5.26 Å². The summed E-state index contributed by atoms with van der Waals surface area (Å²) >= 11 is 0. The van der Waals surface area contributed by atoms with Crippen molar-refractivity contribution in [3.8, 4) is 18.4 Å². The molecule has 0 spiro atoms. The largest absolute Gasteiger partial charge is 0.306 e. The lowest BCUT2D eigenvalue weighted by Crippen LogP contribution is -2.30. The lowest BCUT2D eigenvalue weighted by molar-refractivity contribution is 0.466. The molecule has 1 rings (SSSR count). The highest BCUT2D eigenvalue weighted by molar-refractivity contribution is 5.20. The van der Waals surface area contributed by atoms with Gasteiger partial charge in [0.1, 0.15) is 0 Å². The van der Waals surface area contributed by atoms with Crippen LogP contribution >= 0.6 is 0 Å². The summed E-state index contributed by atoms with van der Waals surface area (Å²) in [6, 6.07) is 12.5. The molecule has 0 amide bonds. The van der Waals surface area contributed by atoms with E-state index >= 15 is 0 Å². The molecule has 82 valence electrons. The second-order valence-electron chi connectivity index (χ2n) is 3.80. The van der Waals surface area contributed by atoms with E-state index in [-0.39, 0.29) is 12.1 Å². The Bertz CT molecular complexity index is 383. The van der Waals surface area contributed by atoms with Gasteiger partial charge in [-0.1, -0.05) is 30.3 Å². The van der Waals surface area contributed by atoms with Crippen molar-refractivity contribution >= 4 is 0 Å². The number of nitrogens with zero attached hydrogens (tertiary/aromatic N) is 1. The van der Waals surface area contributed by atoms with Crippen LogP contribution in [0.25, 0.3) is 0 Å². The number of benzene rings is 1. The molecular weight excluding hydrogens is 196 g/mol. The van der Waals surface area contributed by atoms with Gasteiger partial charge in [0.2, 0.25) is 0 Å². The Morgan fingerprint density at radius 3 is 2.56 bits per heavy atom. The molecule has 2 nitrogen and oxygen atoms in total. The van der Waals surface area contributed by atoms with Gasteiger partial charge < -0.3 is 5.32 Å². The third-order valence-electron chi connectivity index (χ3n) is 2.41. The first-order valence-electron chi connectivity index (χ1n) is 5.39. The zero-order valence-corrected chi connectivity index (χ0v) is 9.48. The number of nitrogens with one attached hydrogen (secondary N) is 1. The highest BCUT2D eigenvalue weighted by Gasteiger charge is 2.12. The van der Waals surface area contributed by atoms with Gasteiger partial charge in [0.25, 0.3) is 0 Å². The Labute approximate surface area is 97.3 Å². The van der Waals surface area contributed by atoms with Crippen LogP contribution in [0.3, 0.4) is 0 Å². The minimum atomic E-state index is 0.0644. The van der Waals surface area contributed by atoms with Crippen LogP contribution in [0.4, 0.5) is 0 Å². The summed E-state index contributed by atoms with van der Waals surface area (Å²) in [4.78, 5) is 0. The lowest BCUT2D eigenvalue weighted by Gasteiger charge is -2.20. The predicted octanol–water partition coefficient (Wildman–Crippen LogP) is 2.64. The first-order valence-corrected chi connectivity index (χ1v) is 5.39. The van der Waals surface area contributed by atoms with Crippen molar-refractivity contribution in [2.45, 2.75) is 31.8 Å². The predicted molar refractivity (Wildman–Crippen MR) is 65.5 cm³/mol. The molecule has 0 fully saturated rings. The average molecular weight is 212 g/mol. The number of rotatable bonds is 5. The standard InChI is InChI=1S/C14H16N2/c1-3-7-12(2)16-14(10-11-15)13-8-5-4-6-9-13/h1,4-6,8-9,12,14,16H,7,10H2,2H3. The van der Waals surface area contributed by atoms with Gasteiger partial charge in [0.15, 0.2) is 0 Å². The first-order chi connectivity index (χ1) is 7.77. The van der Waals surface area contributed by atoms with Crippen molar-refractivity contribution in [2.24, 2.45) is 0 Å². The normalized spacial score (nSPS) is 13.4. The first kappa shape index (κ1) is 12.3. The Morgan fingerprint density at radius 1 is 1.31 bits per heavy atom. The Kier molecular flexibility index (Phi) is 5.12. The molecule has 0 aliphatic rings. The number of hydrogen-bond acceptors (Lipinski definition) is 2.